The highest BCUT2D eigenvalue weighted by Crippen LogP contribution is 2.07. The zero-order chi connectivity index (χ0) is 8.65. The first-order valence-corrected chi connectivity index (χ1v) is 4.36. The Labute approximate surface area is 77.6 Å². The summed E-state index contributed by atoms with van der Waals surface area (Å²) in [5.41, 5.74) is 0. The fraction of sp³-hybridized carbons (Fsp3) is 0.200. The van der Waals surface area contributed by atoms with Gasteiger partial charge in [-0.15, -0.1) is 11.6 Å². The summed E-state index contributed by atoms with van der Waals surface area (Å²) in [5.74, 6) is 1.43. The number of hydrogen-bond donors (Lipinski definition) is 0. The van der Waals surface area contributed by atoms with Crippen LogP contribution in [0.5, 0.6) is 5.75 Å². The third-order valence-corrected chi connectivity index (χ3v) is 1.52. The van der Waals surface area contributed by atoms with Crippen molar-refractivity contribution in [2.75, 3.05) is 12.5 Å². The van der Waals surface area contributed by atoms with Gasteiger partial charge in [-0.2, -0.15) is 0 Å². The molecular weight excluding hydrogens is 172 g/mol. The van der Waals surface area contributed by atoms with Crippen LogP contribution in [-0.4, -0.2) is 12.5 Å². The van der Waals surface area contributed by atoms with Gasteiger partial charge < -0.3 is 4.74 Å². The molecule has 0 heterocycles. The summed E-state index contributed by atoms with van der Waals surface area (Å²) in [4.78, 5) is 0. The van der Waals surface area contributed by atoms with Crippen molar-refractivity contribution in [2.24, 2.45) is 0 Å². The number of alkyl halides is 1. The van der Waals surface area contributed by atoms with Crippen molar-refractivity contribution >= 4 is 11.6 Å². The molecule has 1 aromatic rings. The van der Waals surface area contributed by atoms with Gasteiger partial charge >= 0.3 is 0 Å². The lowest BCUT2D eigenvalue weighted by molar-refractivity contribution is 0.363. The molecule has 64 valence electrons. The summed E-state index contributed by atoms with van der Waals surface area (Å²) in [6.07, 6.45) is 3.77. The highest BCUT2D eigenvalue weighted by Gasteiger charge is 1.86. The lowest BCUT2D eigenvalue weighted by Crippen LogP contribution is -1.92. The lowest BCUT2D eigenvalue weighted by Gasteiger charge is -2.00. The minimum Gasteiger partial charge on any atom is -0.490 e. The summed E-state index contributed by atoms with van der Waals surface area (Å²) in [5, 5.41) is 0. The summed E-state index contributed by atoms with van der Waals surface area (Å²) < 4.78 is 5.36. The Morgan fingerprint density at radius 2 is 1.92 bits per heavy atom. The average Bonchev–Trinajstić information content (AvgIpc) is 2.14. The van der Waals surface area contributed by atoms with Crippen molar-refractivity contribution in [3.63, 3.8) is 0 Å². The third kappa shape index (κ3) is 3.44. The molecule has 0 saturated carbocycles. The summed E-state index contributed by atoms with van der Waals surface area (Å²) >= 11 is 5.44. The number of benzene rings is 1. The number of para-hydroxylation sites is 1. The molecule has 1 aromatic carbocycles. The molecule has 0 radical (unpaired) electrons. The molecule has 0 atom stereocenters. The van der Waals surface area contributed by atoms with E-state index in [9.17, 15) is 0 Å². The van der Waals surface area contributed by atoms with Gasteiger partial charge in [-0.3, -0.25) is 0 Å². The number of halogens is 1. The van der Waals surface area contributed by atoms with Gasteiger partial charge in [0, 0.05) is 5.88 Å². The predicted molar refractivity (Wildman–Crippen MR) is 51.8 cm³/mol. The van der Waals surface area contributed by atoms with E-state index in [1.165, 1.54) is 0 Å². The van der Waals surface area contributed by atoms with Crippen molar-refractivity contribution in [1.82, 2.24) is 0 Å². The monoisotopic (exact) mass is 182 g/mol. The zero-order valence-corrected chi connectivity index (χ0v) is 7.50. The van der Waals surface area contributed by atoms with Gasteiger partial charge in [0.25, 0.3) is 0 Å². The van der Waals surface area contributed by atoms with Crippen LogP contribution in [0.4, 0.5) is 0 Å². The standard InChI is InChI=1S/C10H11ClO/c11-8-4-5-9-12-10-6-2-1-3-7-10/h1-7H,8-9H2. The summed E-state index contributed by atoms with van der Waals surface area (Å²) in [7, 11) is 0. The first-order valence-electron chi connectivity index (χ1n) is 3.82. The molecule has 0 aliphatic heterocycles. The fourth-order valence-corrected chi connectivity index (χ4v) is 0.918. The maximum atomic E-state index is 5.44. The van der Waals surface area contributed by atoms with Crippen LogP contribution in [0.1, 0.15) is 0 Å². The predicted octanol–water partition coefficient (Wildman–Crippen LogP) is 2.86. The van der Waals surface area contributed by atoms with E-state index < -0.39 is 0 Å². The molecular formula is C10H11ClO. The van der Waals surface area contributed by atoms with Crippen molar-refractivity contribution < 1.29 is 4.74 Å². The Morgan fingerprint density at radius 1 is 1.17 bits per heavy atom. The number of rotatable bonds is 4. The fourth-order valence-electron chi connectivity index (χ4n) is 0.792. The second-order valence-corrected chi connectivity index (χ2v) is 2.56. The number of ether oxygens (including phenoxy) is 1. The first kappa shape index (κ1) is 9.14. The first-order chi connectivity index (χ1) is 5.93. The van der Waals surface area contributed by atoms with Gasteiger partial charge in [0.1, 0.15) is 12.4 Å². The van der Waals surface area contributed by atoms with Gasteiger partial charge in [0.05, 0.1) is 0 Å². The maximum absolute atomic E-state index is 5.44. The molecule has 1 rings (SSSR count). The lowest BCUT2D eigenvalue weighted by atomic mass is 10.3. The van der Waals surface area contributed by atoms with Crippen LogP contribution in [0.25, 0.3) is 0 Å². The molecule has 12 heavy (non-hydrogen) atoms. The minimum atomic E-state index is 0.540. The van der Waals surface area contributed by atoms with Crippen LogP contribution < -0.4 is 4.74 Å². The highest BCUT2D eigenvalue weighted by atomic mass is 35.5. The molecule has 0 unspecified atom stereocenters. The van der Waals surface area contributed by atoms with Crippen molar-refractivity contribution in [3.05, 3.63) is 42.5 Å². The highest BCUT2D eigenvalue weighted by molar-refractivity contribution is 6.18. The Bertz CT molecular complexity index is 231. The Morgan fingerprint density at radius 3 is 2.58 bits per heavy atom. The molecule has 1 nitrogen and oxygen atoms in total. The molecule has 0 aliphatic rings. The molecule has 0 aromatic heterocycles. The summed E-state index contributed by atoms with van der Waals surface area (Å²) in [6.45, 7) is 0.580. The van der Waals surface area contributed by atoms with E-state index in [1.54, 1.807) is 0 Å². The molecule has 0 aliphatic carbocycles. The number of allylic oxidation sites excluding steroid dienone is 1. The molecule has 0 saturated heterocycles. The van der Waals surface area contributed by atoms with Crippen LogP contribution in [0.15, 0.2) is 42.5 Å². The van der Waals surface area contributed by atoms with Crippen LogP contribution in [0, 0.1) is 0 Å². The van der Waals surface area contributed by atoms with E-state index in [-0.39, 0.29) is 0 Å². The normalized spacial score (nSPS) is 10.4. The van der Waals surface area contributed by atoms with E-state index in [4.69, 9.17) is 16.3 Å². The largest absolute Gasteiger partial charge is 0.490 e. The van der Waals surface area contributed by atoms with E-state index in [1.807, 2.05) is 42.5 Å². The van der Waals surface area contributed by atoms with Gasteiger partial charge in [0.2, 0.25) is 0 Å². The average molecular weight is 183 g/mol. The molecule has 0 fully saturated rings. The second-order valence-electron chi connectivity index (χ2n) is 2.25. The SMILES string of the molecule is ClCC=CCOc1ccccc1. The van der Waals surface area contributed by atoms with Crippen molar-refractivity contribution in [1.29, 1.82) is 0 Å². The van der Waals surface area contributed by atoms with Crippen molar-refractivity contribution in [3.8, 4) is 5.75 Å². The smallest absolute Gasteiger partial charge is 0.119 e. The summed E-state index contributed by atoms with van der Waals surface area (Å²) in [6, 6.07) is 9.70. The van der Waals surface area contributed by atoms with Crippen LogP contribution in [0.3, 0.4) is 0 Å². The van der Waals surface area contributed by atoms with Gasteiger partial charge in [-0.05, 0) is 12.1 Å². The van der Waals surface area contributed by atoms with Crippen LogP contribution in [-0.2, 0) is 0 Å². The Hall–Kier alpha value is -0.950. The molecule has 0 N–H and O–H groups in total. The minimum absolute atomic E-state index is 0.540. The van der Waals surface area contributed by atoms with E-state index in [0.29, 0.717) is 12.5 Å². The third-order valence-electron chi connectivity index (χ3n) is 1.35. The zero-order valence-electron chi connectivity index (χ0n) is 6.74. The van der Waals surface area contributed by atoms with Crippen molar-refractivity contribution in [2.45, 2.75) is 0 Å². The van der Waals surface area contributed by atoms with E-state index >= 15 is 0 Å². The molecule has 0 bridgehead atoms. The van der Waals surface area contributed by atoms with Gasteiger partial charge in [-0.1, -0.05) is 30.4 Å². The number of hydrogen-bond acceptors (Lipinski definition) is 1. The van der Waals surface area contributed by atoms with E-state index in [0.717, 1.165) is 5.75 Å². The van der Waals surface area contributed by atoms with Gasteiger partial charge in [-0.25, -0.2) is 0 Å². The molecule has 0 spiro atoms. The van der Waals surface area contributed by atoms with Gasteiger partial charge in [0.15, 0.2) is 0 Å². The molecule has 0 amide bonds. The Balaban J connectivity index is 2.29. The van der Waals surface area contributed by atoms with Crippen LogP contribution in [0.2, 0.25) is 0 Å². The quantitative estimate of drug-likeness (QED) is 0.514. The molecule has 2 heteroatoms. The topological polar surface area (TPSA) is 9.23 Å². The van der Waals surface area contributed by atoms with E-state index in [2.05, 4.69) is 0 Å². The Kier molecular flexibility index (Phi) is 4.32. The van der Waals surface area contributed by atoms with Crippen LogP contribution >= 0.6 is 11.6 Å². The maximum Gasteiger partial charge on any atom is 0.119 e. The second kappa shape index (κ2) is 5.67.